The summed E-state index contributed by atoms with van der Waals surface area (Å²) in [7, 11) is 0. The van der Waals surface area contributed by atoms with Gasteiger partial charge in [-0.25, -0.2) is 0 Å². The molecule has 1 aromatic rings. The van der Waals surface area contributed by atoms with Crippen molar-refractivity contribution in [3.63, 3.8) is 0 Å². The Labute approximate surface area is 143 Å². The van der Waals surface area contributed by atoms with Crippen LogP contribution in [0.25, 0.3) is 0 Å². The minimum atomic E-state index is -0.154. The van der Waals surface area contributed by atoms with Gasteiger partial charge in [0.05, 0.1) is 17.7 Å². The van der Waals surface area contributed by atoms with E-state index >= 15 is 0 Å². The molecule has 0 unspecified atom stereocenters. The lowest BCUT2D eigenvalue weighted by Gasteiger charge is -2.22. The van der Waals surface area contributed by atoms with Crippen LogP contribution in [0.3, 0.4) is 0 Å². The molecule has 130 valence electrons. The van der Waals surface area contributed by atoms with E-state index in [9.17, 15) is 14.7 Å². The third kappa shape index (κ3) is 3.52. The van der Waals surface area contributed by atoms with Crippen LogP contribution in [0.4, 0.5) is 0 Å². The van der Waals surface area contributed by atoms with Crippen LogP contribution >= 0.6 is 0 Å². The van der Waals surface area contributed by atoms with Gasteiger partial charge >= 0.3 is 0 Å². The van der Waals surface area contributed by atoms with E-state index < -0.39 is 0 Å². The van der Waals surface area contributed by atoms with E-state index in [1.165, 1.54) is 11.3 Å². The molecule has 0 spiro atoms. The highest BCUT2D eigenvalue weighted by atomic mass is 16.3. The molecule has 2 heterocycles. The van der Waals surface area contributed by atoms with Crippen LogP contribution in [-0.4, -0.2) is 59.0 Å². The molecule has 1 saturated heterocycles. The Morgan fingerprint density at radius 1 is 0.958 bits per heavy atom. The quantitative estimate of drug-likeness (QED) is 0.587. The summed E-state index contributed by atoms with van der Waals surface area (Å²) in [6.45, 7) is 2.91. The molecule has 1 N–H and O–H groups in total. The molecule has 0 aliphatic carbocycles. The number of amides is 2. The summed E-state index contributed by atoms with van der Waals surface area (Å²) in [6, 6.07) is 7.40. The van der Waals surface area contributed by atoms with Gasteiger partial charge in [0.25, 0.3) is 11.8 Å². The third-order valence-corrected chi connectivity index (χ3v) is 5.17. The first-order valence-electron chi connectivity index (χ1n) is 9.02. The van der Waals surface area contributed by atoms with E-state index in [2.05, 4.69) is 4.90 Å². The van der Waals surface area contributed by atoms with E-state index in [1.807, 2.05) is 0 Å². The standard InChI is InChI=1S/C19H26N2O3/c22-14-15-8-7-12-20(15)11-5-1-2-6-13-21-18(23)16-9-3-4-10-17(16)19(21)24/h3-4,9-10,15,22H,1-2,5-8,11-14H2/t15-/m0/s1. The molecule has 1 fully saturated rings. The topological polar surface area (TPSA) is 60.9 Å². The Balaban J connectivity index is 1.36. The van der Waals surface area contributed by atoms with Crippen LogP contribution in [-0.2, 0) is 0 Å². The van der Waals surface area contributed by atoms with Crippen LogP contribution in [0, 0.1) is 0 Å². The molecule has 1 atom stereocenters. The molecule has 0 aromatic heterocycles. The second kappa shape index (κ2) is 7.90. The molecule has 0 radical (unpaired) electrons. The molecule has 24 heavy (non-hydrogen) atoms. The highest BCUT2D eigenvalue weighted by molar-refractivity contribution is 6.21. The lowest BCUT2D eigenvalue weighted by Crippen LogP contribution is -2.33. The first-order valence-corrected chi connectivity index (χ1v) is 9.02. The number of carbonyl (C=O) groups excluding carboxylic acids is 2. The number of carbonyl (C=O) groups is 2. The molecular weight excluding hydrogens is 304 g/mol. The van der Waals surface area contributed by atoms with Gasteiger partial charge in [-0.15, -0.1) is 0 Å². The molecule has 0 saturated carbocycles. The zero-order chi connectivity index (χ0) is 16.9. The van der Waals surface area contributed by atoms with Crippen LogP contribution in [0.2, 0.25) is 0 Å². The molecule has 3 rings (SSSR count). The minimum absolute atomic E-state index is 0.154. The second-order valence-corrected chi connectivity index (χ2v) is 6.74. The number of rotatable bonds is 8. The fraction of sp³-hybridized carbons (Fsp3) is 0.579. The van der Waals surface area contributed by atoms with Crippen molar-refractivity contribution in [2.24, 2.45) is 0 Å². The predicted octanol–water partition coefficient (Wildman–Crippen LogP) is 2.30. The van der Waals surface area contributed by atoms with Crippen LogP contribution in [0.1, 0.15) is 59.2 Å². The van der Waals surface area contributed by atoms with Gasteiger partial charge in [-0.3, -0.25) is 19.4 Å². The number of hydrogen-bond acceptors (Lipinski definition) is 4. The maximum Gasteiger partial charge on any atom is 0.261 e. The fourth-order valence-corrected chi connectivity index (χ4v) is 3.78. The summed E-state index contributed by atoms with van der Waals surface area (Å²) in [4.78, 5) is 28.3. The van der Waals surface area contributed by atoms with Gasteiger partial charge in [-0.05, 0) is 50.9 Å². The summed E-state index contributed by atoms with van der Waals surface area (Å²) in [5.74, 6) is -0.308. The number of nitrogens with zero attached hydrogens (tertiary/aromatic N) is 2. The molecule has 1 aromatic carbocycles. The first-order chi connectivity index (χ1) is 11.7. The Morgan fingerprint density at radius 3 is 2.21 bits per heavy atom. The van der Waals surface area contributed by atoms with Gasteiger partial charge in [0, 0.05) is 12.6 Å². The molecule has 5 heteroatoms. The van der Waals surface area contributed by atoms with Crippen molar-refractivity contribution in [3.8, 4) is 0 Å². The van der Waals surface area contributed by atoms with Crippen molar-refractivity contribution in [1.82, 2.24) is 9.80 Å². The van der Waals surface area contributed by atoms with E-state index in [1.54, 1.807) is 24.3 Å². The van der Waals surface area contributed by atoms with Crippen molar-refractivity contribution < 1.29 is 14.7 Å². The summed E-state index contributed by atoms with van der Waals surface area (Å²) in [5.41, 5.74) is 1.07. The third-order valence-electron chi connectivity index (χ3n) is 5.17. The Hall–Kier alpha value is -1.72. The van der Waals surface area contributed by atoms with Gasteiger partial charge in [0.1, 0.15) is 0 Å². The molecule has 2 aliphatic heterocycles. The number of imide groups is 1. The normalized spacial score (nSPS) is 20.9. The number of aliphatic hydroxyl groups is 1. The predicted molar refractivity (Wildman–Crippen MR) is 92.0 cm³/mol. The van der Waals surface area contributed by atoms with Gasteiger partial charge in [0.15, 0.2) is 0 Å². The summed E-state index contributed by atoms with van der Waals surface area (Å²) in [5, 5.41) is 9.31. The highest BCUT2D eigenvalue weighted by Crippen LogP contribution is 2.23. The Bertz CT molecular complexity index is 567. The van der Waals surface area contributed by atoms with Crippen molar-refractivity contribution in [1.29, 1.82) is 0 Å². The molecule has 0 bridgehead atoms. The monoisotopic (exact) mass is 330 g/mol. The number of hydrogen-bond donors (Lipinski definition) is 1. The average Bonchev–Trinajstić information content (AvgIpc) is 3.16. The van der Waals surface area contributed by atoms with Crippen LogP contribution < -0.4 is 0 Å². The van der Waals surface area contributed by atoms with Crippen molar-refractivity contribution in [2.75, 3.05) is 26.2 Å². The zero-order valence-corrected chi connectivity index (χ0v) is 14.1. The number of unbranched alkanes of at least 4 members (excludes halogenated alkanes) is 3. The van der Waals surface area contributed by atoms with E-state index in [-0.39, 0.29) is 18.4 Å². The van der Waals surface area contributed by atoms with Crippen molar-refractivity contribution in [2.45, 2.75) is 44.6 Å². The van der Waals surface area contributed by atoms with Gasteiger partial charge in [-0.2, -0.15) is 0 Å². The van der Waals surface area contributed by atoms with E-state index in [4.69, 9.17) is 0 Å². The van der Waals surface area contributed by atoms with Crippen LogP contribution in [0.15, 0.2) is 24.3 Å². The molecule has 5 nitrogen and oxygen atoms in total. The number of fused-ring (bicyclic) bond motifs is 1. The maximum atomic E-state index is 12.2. The smallest absolute Gasteiger partial charge is 0.261 e. The fourth-order valence-electron chi connectivity index (χ4n) is 3.78. The molecule has 2 amide bonds. The largest absolute Gasteiger partial charge is 0.395 e. The van der Waals surface area contributed by atoms with Crippen molar-refractivity contribution >= 4 is 11.8 Å². The number of likely N-dealkylation sites (tertiary alicyclic amines) is 1. The number of aliphatic hydroxyl groups excluding tert-OH is 1. The second-order valence-electron chi connectivity index (χ2n) is 6.74. The van der Waals surface area contributed by atoms with E-state index in [0.29, 0.717) is 23.7 Å². The summed E-state index contributed by atoms with van der Waals surface area (Å²) in [6.07, 6.45) is 6.37. The van der Waals surface area contributed by atoms with Gasteiger partial charge in [0.2, 0.25) is 0 Å². The lowest BCUT2D eigenvalue weighted by atomic mass is 10.1. The average molecular weight is 330 g/mol. The molecule has 2 aliphatic rings. The number of benzene rings is 1. The van der Waals surface area contributed by atoms with Crippen LogP contribution in [0.5, 0.6) is 0 Å². The van der Waals surface area contributed by atoms with Gasteiger partial charge < -0.3 is 5.11 Å². The zero-order valence-electron chi connectivity index (χ0n) is 14.1. The minimum Gasteiger partial charge on any atom is -0.395 e. The SMILES string of the molecule is O=C1c2ccccc2C(=O)N1CCCCCCN1CCC[C@H]1CO. The molecular formula is C19H26N2O3. The highest BCUT2D eigenvalue weighted by Gasteiger charge is 2.34. The Kier molecular flexibility index (Phi) is 5.63. The first kappa shape index (κ1) is 17.1. The maximum absolute atomic E-state index is 12.2. The lowest BCUT2D eigenvalue weighted by molar-refractivity contribution is 0.0651. The van der Waals surface area contributed by atoms with Gasteiger partial charge in [-0.1, -0.05) is 25.0 Å². The summed E-state index contributed by atoms with van der Waals surface area (Å²) >= 11 is 0. The van der Waals surface area contributed by atoms with E-state index in [0.717, 1.165) is 45.2 Å². The Morgan fingerprint density at radius 2 is 1.58 bits per heavy atom. The van der Waals surface area contributed by atoms with Crippen molar-refractivity contribution in [3.05, 3.63) is 35.4 Å². The summed E-state index contributed by atoms with van der Waals surface area (Å²) < 4.78 is 0.